The van der Waals surface area contributed by atoms with E-state index in [2.05, 4.69) is 4.74 Å². The monoisotopic (exact) mass is 320 g/mol. The van der Waals surface area contributed by atoms with E-state index in [4.69, 9.17) is 9.15 Å². The first kappa shape index (κ1) is 14.8. The summed E-state index contributed by atoms with van der Waals surface area (Å²) in [4.78, 5) is 25.5. The Kier molecular flexibility index (Phi) is 4.29. The molecule has 22 heavy (non-hydrogen) atoms. The van der Waals surface area contributed by atoms with Crippen molar-refractivity contribution in [1.29, 1.82) is 0 Å². The highest BCUT2D eigenvalue weighted by Gasteiger charge is 2.20. The quantitative estimate of drug-likeness (QED) is 0.808. The molecule has 0 saturated carbocycles. The van der Waals surface area contributed by atoms with Crippen LogP contribution >= 0.6 is 11.3 Å². The molecule has 2 heterocycles. The number of thiophene rings is 1. The van der Waals surface area contributed by atoms with Crippen LogP contribution in [0.5, 0.6) is 0 Å². The minimum Gasteiger partial charge on any atom is -0.463 e. The minimum atomic E-state index is -0.581. The number of carbonyl (C=O) groups excluding carboxylic acids is 2. The van der Waals surface area contributed by atoms with Crippen molar-refractivity contribution >= 4 is 23.3 Å². The molecular weight excluding hydrogens is 304 g/mol. The Morgan fingerprint density at radius 2 is 2.09 bits per heavy atom. The Morgan fingerprint density at radius 1 is 1.27 bits per heavy atom. The highest BCUT2D eigenvalue weighted by Crippen LogP contribution is 2.30. The lowest BCUT2D eigenvalue weighted by Crippen LogP contribution is -2.07. The van der Waals surface area contributed by atoms with Crippen LogP contribution in [0.1, 0.15) is 49.1 Å². The summed E-state index contributed by atoms with van der Waals surface area (Å²) in [7, 11) is 1.27. The molecule has 0 atom stereocenters. The van der Waals surface area contributed by atoms with Gasteiger partial charge in [0, 0.05) is 10.4 Å². The molecule has 1 aliphatic carbocycles. The average Bonchev–Trinajstić information content (AvgIpc) is 3.18. The number of aryl methyl sites for hydroxylation is 2. The van der Waals surface area contributed by atoms with E-state index < -0.39 is 5.97 Å². The van der Waals surface area contributed by atoms with Crippen molar-refractivity contribution < 1.29 is 23.5 Å². The van der Waals surface area contributed by atoms with Gasteiger partial charge in [0.15, 0.2) is 0 Å². The van der Waals surface area contributed by atoms with Gasteiger partial charge in [0.1, 0.15) is 11.5 Å². The number of carbonyl (C=O) groups is 2. The van der Waals surface area contributed by atoms with Crippen LogP contribution in [0.25, 0.3) is 0 Å². The Hall–Kier alpha value is -2.08. The summed E-state index contributed by atoms with van der Waals surface area (Å²) in [6.07, 6.45) is 5.81. The Bertz CT molecular complexity index is 674. The van der Waals surface area contributed by atoms with Gasteiger partial charge in [0.05, 0.1) is 13.4 Å². The molecular formula is C16H16O5S. The predicted octanol–water partition coefficient (Wildman–Crippen LogP) is 3.36. The summed E-state index contributed by atoms with van der Waals surface area (Å²) in [5.74, 6) is -0.875. The van der Waals surface area contributed by atoms with Crippen LogP contribution in [0, 0.1) is 0 Å². The van der Waals surface area contributed by atoms with Crippen molar-refractivity contribution in [2.24, 2.45) is 0 Å². The van der Waals surface area contributed by atoms with E-state index in [1.807, 2.05) is 6.07 Å². The molecule has 116 valence electrons. The fourth-order valence-electron chi connectivity index (χ4n) is 2.53. The minimum absolute atomic E-state index is 0.0116. The smallest absolute Gasteiger partial charge is 0.374 e. The van der Waals surface area contributed by atoms with Crippen molar-refractivity contribution in [3.05, 3.63) is 45.0 Å². The second-order valence-electron chi connectivity index (χ2n) is 5.11. The molecule has 2 aromatic heterocycles. The summed E-state index contributed by atoms with van der Waals surface area (Å²) in [5, 5.41) is 0. The van der Waals surface area contributed by atoms with Crippen LogP contribution in [0.3, 0.4) is 0 Å². The summed E-state index contributed by atoms with van der Waals surface area (Å²) < 4.78 is 15.0. The number of hydrogen-bond acceptors (Lipinski definition) is 6. The molecule has 0 amide bonds. The molecule has 2 aromatic rings. The summed E-state index contributed by atoms with van der Waals surface area (Å²) in [5.41, 5.74) is 1.77. The second kappa shape index (κ2) is 6.36. The second-order valence-corrected chi connectivity index (χ2v) is 6.25. The fourth-order valence-corrected chi connectivity index (χ4v) is 3.67. The summed E-state index contributed by atoms with van der Waals surface area (Å²) >= 11 is 1.51. The largest absolute Gasteiger partial charge is 0.463 e. The summed E-state index contributed by atoms with van der Waals surface area (Å²) in [6.45, 7) is -0.0116. The summed E-state index contributed by atoms with van der Waals surface area (Å²) in [6, 6.07) is 3.52. The van der Waals surface area contributed by atoms with E-state index >= 15 is 0 Å². The molecule has 3 rings (SSSR count). The third-order valence-electron chi connectivity index (χ3n) is 3.67. The van der Waals surface area contributed by atoms with Gasteiger partial charge in [0.25, 0.3) is 0 Å². The van der Waals surface area contributed by atoms with E-state index in [-0.39, 0.29) is 18.3 Å². The highest BCUT2D eigenvalue weighted by atomic mass is 32.1. The molecule has 0 N–H and O–H groups in total. The Balaban J connectivity index is 1.66. The lowest BCUT2D eigenvalue weighted by Gasteiger charge is -2.08. The predicted molar refractivity (Wildman–Crippen MR) is 80.1 cm³/mol. The number of furan rings is 1. The van der Waals surface area contributed by atoms with Crippen LogP contribution < -0.4 is 0 Å². The molecule has 6 heteroatoms. The van der Waals surface area contributed by atoms with Gasteiger partial charge >= 0.3 is 11.9 Å². The highest BCUT2D eigenvalue weighted by molar-refractivity contribution is 7.14. The van der Waals surface area contributed by atoms with E-state index in [0.717, 1.165) is 12.8 Å². The van der Waals surface area contributed by atoms with Crippen LogP contribution in [0.2, 0.25) is 0 Å². The lowest BCUT2D eigenvalue weighted by atomic mass is 9.99. The molecule has 5 nitrogen and oxygen atoms in total. The third-order valence-corrected chi connectivity index (χ3v) is 4.89. The number of hydrogen-bond donors (Lipinski definition) is 0. The molecule has 0 saturated heterocycles. The molecule has 1 aliphatic rings. The number of ether oxygens (including phenoxy) is 2. The zero-order chi connectivity index (χ0) is 15.5. The van der Waals surface area contributed by atoms with E-state index in [1.54, 1.807) is 6.07 Å². The van der Waals surface area contributed by atoms with Crippen molar-refractivity contribution in [1.82, 2.24) is 0 Å². The van der Waals surface area contributed by atoms with Gasteiger partial charge in [-0.3, -0.25) is 0 Å². The first-order chi connectivity index (χ1) is 10.7. The van der Waals surface area contributed by atoms with Gasteiger partial charge in [-0.2, -0.15) is 0 Å². The normalized spacial score (nSPS) is 13.5. The maximum atomic E-state index is 12.1. The van der Waals surface area contributed by atoms with Gasteiger partial charge in [-0.25, -0.2) is 9.59 Å². The zero-order valence-corrected chi connectivity index (χ0v) is 13.0. The van der Waals surface area contributed by atoms with Crippen LogP contribution in [0.4, 0.5) is 0 Å². The first-order valence-corrected chi connectivity index (χ1v) is 7.94. The first-order valence-electron chi connectivity index (χ1n) is 7.12. The van der Waals surface area contributed by atoms with Crippen LogP contribution in [-0.4, -0.2) is 19.0 Å². The molecule has 0 aromatic carbocycles. The number of methoxy groups -OCH3 is 1. The molecule has 0 aliphatic heterocycles. The van der Waals surface area contributed by atoms with Gasteiger partial charge in [-0.1, -0.05) is 0 Å². The standard InChI is InChI=1S/C16H16O5S/c1-19-16(18)14-11(6-7-20-14)9-21-15(17)13-8-10-4-2-3-5-12(10)22-13/h6-8H,2-5,9H2,1H3. The molecule has 0 unspecified atom stereocenters. The Morgan fingerprint density at radius 3 is 2.86 bits per heavy atom. The maximum absolute atomic E-state index is 12.1. The van der Waals surface area contributed by atoms with Crippen LogP contribution in [-0.2, 0) is 28.9 Å². The van der Waals surface area contributed by atoms with Crippen molar-refractivity contribution in [2.75, 3.05) is 7.11 Å². The van der Waals surface area contributed by atoms with E-state index in [9.17, 15) is 9.59 Å². The number of rotatable bonds is 4. The fraction of sp³-hybridized carbons (Fsp3) is 0.375. The topological polar surface area (TPSA) is 65.7 Å². The van der Waals surface area contributed by atoms with Crippen molar-refractivity contribution in [3.8, 4) is 0 Å². The Labute approximate surface area is 131 Å². The zero-order valence-electron chi connectivity index (χ0n) is 12.2. The van der Waals surface area contributed by atoms with E-state index in [0.29, 0.717) is 10.4 Å². The van der Waals surface area contributed by atoms with Gasteiger partial charge < -0.3 is 13.9 Å². The van der Waals surface area contributed by atoms with E-state index in [1.165, 1.54) is 48.0 Å². The van der Waals surface area contributed by atoms with Gasteiger partial charge in [0.2, 0.25) is 5.76 Å². The molecule has 0 fully saturated rings. The molecule has 0 radical (unpaired) electrons. The average molecular weight is 320 g/mol. The maximum Gasteiger partial charge on any atom is 0.374 e. The van der Waals surface area contributed by atoms with Crippen LogP contribution in [0.15, 0.2) is 22.8 Å². The lowest BCUT2D eigenvalue weighted by molar-refractivity contribution is 0.0458. The number of esters is 2. The SMILES string of the molecule is COC(=O)c1occc1COC(=O)c1cc2c(s1)CCCC2. The molecule has 0 bridgehead atoms. The van der Waals surface area contributed by atoms with Gasteiger partial charge in [-0.15, -0.1) is 11.3 Å². The third kappa shape index (κ3) is 2.92. The van der Waals surface area contributed by atoms with Crippen molar-refractivity contribution in [2.45, 2.75) is 32.3 Å². The van der Waals surface area contributed by atoms with Gasteiger partial charge in [-0.05, 0) is 43.4 Å². The van der Waals surface area contributed by atoms with Crippen molar-refractivity contribution in [3.63, 3.8) is 0 Å². The number of fused-ring (bicyclic) bond motifs is 1. The molecule has 0 spiro atoms.